The van der Waals surface area contributed by atoms with Gasteiger partial charge >= 0.3 is 121 Å². The quantitative estimate of drug-likeness (QED) is 0.130. The van der Waals surface area contributed by atoms with Gasteiger partial charge in [0.2, 0.25) is 0 Å². The molecule has 0 saturated heterocycles. The van der Waals surface area contributed by atoms with Crippen molar-refractivity contribution in [3.8, 4) is 28.3 Å². The maximum atomic E-state index is 6.24. The summed E-state index contributed by atoms with van der Waals surface area (Å²) in [5.74, 6) is 8.59. The first-order valence-electron chi connectivity index (χ1n) is 15.9. The second kappa shape index (κ2) is 13.2. The van der Waals surface area contributed by atoms with E-state index in [4.69, 9.17) is 13.8 Å². The molecule has 0 spiro atoms. The number of para-hydroxylation sites is 4. The van der Waals surface area contributed by atoms with Crippen LogP contribution in [0.25, 0.3) is 72.4 Å². The molecule has 8 heteroatoms. The average molecular weight is 878 g/mol. The predicted molar refractivity (Wildman–Crippen MR) is 196 cm³/mol. The Labute approximate surface area is 300 Å². The second-order valence-electron chi connectivity index (χ2n) is 12.8. The minimum Gasteiger partial charge on any atom is -0.501 e. The molecule has 0 N–H and O–H groups in total. The van der Waals surface area contributed by atoms with Gasteiger partial charge in [0.15, 0.2) is 0 Å². The van der Waals surface area contributed by atoms with E-state index in [0.29, 0.717) is 5.89 Å². The molecule has 0 fully saturated rings. The van der Waals surface area contributed by atoms with E-state index in [1.165, 1.54) is 4.40 Å². The van der Waals surface area contributed by atoms with Crippen LogP contribution in [0.15, 0.2) is 130 Å². The first-order chi connectivity index (χ1) is 23.3. The molecule has 0 unspecified atom stereocenters. The summed E-state index contributed by atoms with van der Waals surface area (Å²) >= 11 is -1.81. The van der Waals surface area contributed by atoms with Gasteiger partial charge in [-0.05, 0) is 30.3 Å². The molecule has 9 rings (SSSR count). The van der Waals surface area contributed by atoms with Crippen LogP contribution >= 0.6 is 0 Å². The van der Waals surface area contributed by atoms with Crippen LogP contribution in [0.2, 0.25) is 17.3 Å². The molecule has 0 aliphatic carbocycles. The smallest absolute Gasteiger partial charge is 0.120 e. The Morgan fingerprint density at radius 3 is 2.18 bits per heavy atom. The summed E-state index contributed by atoms with van der Waals surface area (Å²) in [4.78, 5) is 13.9. The summed E-state index contributed by atoms with van der Waals surface area (Å²) in [6, 6.07) is 45.2. The molecule has 6 nitrogen and oxygen atoms in total. The predicted octanol–water partition coefficient (Wildman–Crippen LogP) is 9.93. The number of furan rings is 1. The van der Waals surface area contributed by atoms with Crippen LogP contribution in [0.5, 0.6) is 0 Å². The zero-order chi connectivity index (χ0) is 32.8. The van der Waals surface area contributed by atoms with Gasteiger partial charge in [-0.15, -0.1) is 18.2 Å². The Kier molecular flexibility index (Phi) is 8.84. The fourth-order valence-corrected chi connectivity index (χ4v) is 8.24. The number of aromatic nitrogens is 4. The maximum absolute atomic E-state index is 6.24. The van der Waals surface area contributed by atoms with Crippen molar-refractivity contribution in [3.63, 3.8) is 0 Å². The van der Waals surface area contributed by atoms with Crippen LogP contribution in [0.1, 0.15) is 5.89 Å². The van der Waals surface area contributed by atoms with E-state index in [-0.39, 0.29) is 20.1 Å². The van der Waals surface area contributed by atoms with Crippen molar-refractivity contribution in [1.82, 2.24) is 19.5 Å². The van der Waals surface area contributed by atoms with Gasteiger partial charge < -0.3 is 8.98 Å². The van der Waals surface area contributed by atoms with E-state index in [2.05, 4.69) is 86.4 Å². The van der Waals surface area contributed by atoms with Gasteiger partial charge in [0.1, 0.15) is 5.58 Å². The first kappa shape index (κ1) is 32.7. The van der Waals surface area contributed by atoms with Gasteiger partial charge in [0.25, 0.3) is 0 Å². The standard InChI is InChI=1S/C25H15N2O.C16H17GeN2O.Ir/c1-2-9-17(10-3-1)27-22-15-6-5-14-21(22)26-25(27)20-13-8-12-19-18-11-4-7-16-23(18)28-24(19)20;1-11-19-15-7-5-6-13(16(15)20-11)14-9-8-12(10-18-14)17(2,3)4;/h1-12,14-16H;5,7-10H,1-4H3;/q2*-1;. The molecule has 1 radical (unpaired) electrons. The SMILES string of the molecule is Cc1nc2cc[c-]c(-c3cc[c]([Ge]([CH3])([CH3])[CH3])cn3)c2o1.[Ir].[c-]1ccc2c(oc3ccccc32)c1-c1nc2ccccc2n1-c1ccccc1. The summed E-state index contributed by atoms with van der Waals surface area (Å²) < 4.78 is 15.5. The normalized spacial score (nSPS) is 11.5. The van der Waals surface area contributed by atoms with Crippen LogP contribution in [0, 0.1) is 19.1 Å². The van der Waals surface area contributed by atoms with E-state index in [9.17, 15) is 0 Å². The van der Waals surface area contributed by atoms with Crippen LogP contribution in [0.3, 0.4) is 0 Å². The summed E-state index contributed by atoms with van der Waals surface area (Å²) in [5.41, 5.74) is 9.03. The Bertz CT molecular complexity index is 2560. The molecule has 0 bridgehead atoms. The molecule has 4 aromatic heterocycles. The Hall–Kier alpha value is -4.82. The number of aryl methyl sites for hydroxylation is 1. The summed E-state index contributed by atoms with van der Waals surface area (Å²) in [5, 5.41) is 2.19. The molecule has 0 aliphatic rings. The Balaban J connectivity index is 0.000000160. The number of fused-ring (bicyclic) bond motifs is 5. The third kappa shape index (κ3) is 6.14. The van der Waals surface area contributed by atoms with E-state index >= 15 is 0 Å². The molecule has 0 atom stereocenters. The zero-order valence-corrected chi connectivity index (χ0v) is 32.0. The summed E-state index contributed by atoms with van der Waals surface area (Å²) in [7, 11) is 0. The number of imidazole rings is 1. The average Bonchev–Trinajstić information content (AvgIpc) is 3.81. The molecule has 243 valence electrons. The summed E-state index contributed by atoms with van der Waals surface area (Å²) in [6.45, 7) is 1.85. The van der Waals surface area contributed by atoms with Crippen molar-refractivity contribution in [1.29, 1.82) is 0 Å². The Morgan fingerprint density at radius 1 is 0.653 bits per heavy atom. The maximum Gasteiger partial charge on any atom is 0.120 e. The van der Waals surface area contributed by atoms with E-state index in [1.807, 2.05) is 85.9 Å². The third-order valence-electron chi connectivity index (χ3n) is 8.48. The fraction of sp³-hybridized carbons (Fsp3) is 0.0976. The molecule has 49 heavy (non-hydrogen) atoms. The van der Waals surface area contributed by atoms with Gasteiger partial charge in [0, 0.05) is 31.2 Å². The van der Waals surface area contributed by atoms with Gasteiger partial charge in [-0.25, -0.2) is 0 Å². The van der Waals surface area contributed by atoms with Crippen molar-refractivity contribution in [2.75, 3.05) is 0 Å². The van der Waals surface area contributed by atoms with Crippen molar-refractivity contribution < 1.29 is 28.9 Å². The molecular formula is C41H32GeIrN4O2-2. The molecule has 0 saturated carbocycles. The van der Waals surface area contributed by atoms with Crippen LogP contribution in [0.4, 0.5) is 0 Å². The van der Waals surface area contributed by atoms with Crippen molar-refractivity contribution >= 4 is 61.7 Å². The van der Waals surface area contributed by atoms with Gasteiger partial charge in [-0.1, -0.05) is 59.5 Å². The molecule has 0 aliphatic heterocycles. The van der Waals surface area contributed by atoms with Gasteiger partial charge in [-0.3, -0.25) is 4.98 Å². The van der Waals surface area contributed by atoms with Crippen molar-refractivity contribution in [3.05, 3.63) is 139 Å². The number of oxazole rings is 1. The first-order valence-corrected chi connectivity index (χ1v) is 23.3. The van der Waals surface area contributed by atoms with E-state index in [1.54, 1.807) is 0 Å². The third-order valence-corrected chi connectivity index (χ3v) is 12.7. The number of rotatable bonds is 4. The number of nitrogens with zero attached hydrogens (tertiary/aromatic N) is 4. The molecule has 5 aromatic carbocycles. The van der Waals surface area contributed by atoms with Crippen LogP contribution in [-0.2, 0) is 20.1 Å². The number of hydrogen-bond donors (Lipinski definition) is 0. The largest absolute Gasteiger partial charge is 0.501 e. The number of pyridine rings is 1. The fourth-order valence-electron chi connectivity index (χ4n) is 6.07. The minimum absolute atomic E-state index is 0. The van der Waals surface area contributed by atoms with Crippen LogP contribution in [-0.4, -0.2) is 32.8 Å². The zero-order valence-electron chi connectivity index (χ0n) is 27.5. The minimum atomic E-state index is -1.81. The van der Waals surface area contributed by atoms with Gasteiger partial charge in [-0.2, -0.15) is 0 Å². The van der Waals surface area contributed by atoms with Crippen molar-refractivity contribution in [2.24, 2.45) is 0 Å². The van der Waals surface area contributed by atoms with E-state index in [0.717, 1.165) is 72.4 Å². The molecule has 9 aromatic rings. The number of hydrogen-bond acceptors (Lipinski definition) is 5. The molecular weight excluding hydrogens is 845 g/mol. The number of benzene rings is 5. The van der Waals surface area contributed by atoms with E-state index < -0.39 is 13.3 Å². The summed E-state index contributed by atoms with van der Waals surface area (Å²) in [6.07, 6.45) is 2.01. The monoisotopic (exact) mass is 879 g/mol. The van der Waals surface area contributed by atoms with Crippen LogP contribution < -0.4 is 4.40 Å². The van der Waals surface area contributed by atoms with Crippen molar-refractivity contribution in [2.45, 2.75) is 24.2 Å². The van der Waals surface area contributed by atoms with Gasteiger partial charge in [0.05, 0.1) is 22.4 Å². The molecule has 0 amide bonds. The molecule has 4 heterocycles. The second-order valence-corrected chi connectivity index (χ2v) is 23.4. The Morgan fingerprint density at radius 2 is 1.39 bits per heavy atom. The topological polar surface area (TPSA) is 69.9 Å².